The fourth-order valence-corrected chi connectivity index (χ4v) is 2.35. The second kappa shape index (κ2) is 6.69. The number of aliphatic hydroxyl groups excluding tert-OH is 1. The minimum atomic E-state index is -0.559. The summed E-state index contributed by atoms with van der Waals surface area (Å²) in [7, 11) is 0. The molecule has 1 aliphatic rings. The molecule has 1 fully saturated rings. The van der Waals surface area contributed by atoms with Gasteiger partial charge >= 0.3 is 0 Å². The Balaban J connectivity index is 2.28. The van der Waals surface area contributed by atoms with Crippen LogP contribution in [0.25, 0.3) is 0 Å². The summed E-state index contributed by atoms with van der Waals surface area (Å²) in [5, 5.41) is 9.74. The van der Waals surface area contributed by atoms with Crippen LogP contribution in [0.4, 0.5) is 0 Å². The number of rotatable bonds is 7. The first-order valence-corrected chi connectivity index (χ1v) is 6.61. The van der Waals surface area contributed by atoms with Crippen molar-refractivity contribution in [3.05, 3.63) is 0 Å². The lowest BCUT2D eigenvalue weighted by molar-refractivity contribution is -0.0946. The molecule has 0 spiro atoms. The molecule has 0 aromatic carbocycles. The van der Waals surface area contributed by atoms with Crippen LogP contribution in [-0.4, -0.2) is 42.7 Å². The molecule has 3 unspecified atom stereocenters. The van der Waals surface area contributed by atoms with E-state index in [1.54, 1.807) is 0 Å². The molecule has 0 bridgehead atoms. The number of nitrogens with two attached hydrogens (primary N) is 1. The smallest absolute Gasteiger partial charge is 0.101 e. The second-order valence-electron chi connectivity index (χ2n) is 5.58. The SMILES string of the molecule is CC1CCC(CN)(OCC(O)COC(C)C)C1. The fraction of sp³-hybridized carbons (Fsp3) is 1.00. The van der Waals surface area contributed by atoms with Crippen molar-refractivity contribution in [1.82, 2.24) is 0 Å². The van der Waals surface area contributed by atoms with E-state index in [0.717, 1.165) is 19.3 Å². The summed E-state index contributed by atoms with van der Waals surface area (Å²) >= 11 is 0. The highest BCUT2D eigenvalue weighted by Crippen LogP contribution is 2.36. The van der Waals surface area contributed by atoms with Crippen LogP contribution < -0.4 is 5.73 Å². The molecule has 0 aliphatic heterocycles. The van der Waals surface area contributed by atoms with Crippen molar-refractivity contribution in [2.45, 2.75) is 57.8 Å². The van der Waals surface area contributed by atoms with Crippen molar-refractivity contribution in [2.24, 2.45) is 11.7 Å². The zero-order valence-corrected chi connectivity index (χ0v) is 11.3. The van der Waals surface area contributed by atoms with E-state index in [1.807, 2.05) is 13.8 Å². The zero-order valence-electron chi connectivity index (χ0n) is 11.3. The van der Waals surface area contributed by atoms with Gasteiger partial charge in [-0.3, -0.25) is 0 Å². The van der Waals surface area contributed by atoms with Gasteiger partial charge in [0.05, 0.1) is 24.9 Å². The van der Waals surface area contributed by atoms with Gasteiger partial charge in [-0.25, -0.2) is 0 Å². The molecule has 0 radical (unpaired) electrons. The summed E-state index contributed by atoms with van der Waals surface area (Å²) in [6.07, 6.45) is 2.75. The Hall–Kier alpha value is -0.160. The van der Waals surface area contributed by atoms with E-state index < -0.39 is 6.10 Å². The zero-order chi connectivity index (χ0) is 12.9. The molecule has 3 N–H and O–H groups in total. The summed E-state index contributed by atoms with van der Waals surface area (Å²) in [6, 6.07) is 0. The molecular formula is C13H27NO3. The topological polar surface area (TPSA) is 64.7 Å². The minimum Gasteiger partial charge on any atom is -0.388 e. The maximum absolute atomic E-state index is 9.74. The quantitative estimate of drug-likeness (QED) is 0.710. The van der Waals surface area contributed by atoms with Crippen molar-refractivity contribution in [1.29, 1.82) is 0 Å². The van der Waals surface area contributed by atoms with Crippen molar-refractivity contribution in [2.75, 3.05) is 19.8 Å². The third-order valence-electron chi connectivity index (χ3n) is 3.39. The van der Waals surface area contributed by atoms with Crippen LogP contribution in [0.3, 0.4) is 0 Å². The third kappa shape index (κ3) is 4.92. The van der Waals surface area contributed by atoms with Gasteiger partial charge in [0.15, 0.2) is 0 Å². The van der Waals surface area contributed by atoms with Gasteiger partial charge in [-0.05, 0) is 39.0 Å². The molecule has 1 aliphatic carbocycles. The second-order valence-corrected chi connectivity index (χ2v) is 5.58. The highest BCUT2D eigenvalue weighted by atomic mass is 16.5. The van der Waals surface area contributed by atoms with Gasteiger partial charge in [0.1, 0.15) is 6.10 Å². The minimum absolute atomic E-state index is 0.139. The normalized spacial score (nSPS) is 31.1. The Kier molecular flexibility index (Phi) is 5.86. The average molecular weight is 245 g/mol. The van der Waals surface area contributed by atoms with Gasteiger partial charge in [0.2, 0.25) is 0 Å². The van der Waals surface area contributed by atoms with Gasteiger partial charge < -0.3 is 20.3 Å². The number of hydrogen-bond acceptors (Lipinski definition) is 4. The predicted molar refractivity (Wildman–Crippen MR) is 67.8 cm³/mol. The van der Waals surface area contributed by atoms with Crippen LogP contribution in [0.15, 0.2) is 0 Å². The molecular weight excluding hydrogens is 218 g/mol. The Morgan fingerprint density at radius 3 is 2.59 bits per heavy atom. The molecule has 0 aromatic rings. The van der Waals surface area contributed by atoms with E-state index in [1.165, 1.54) is 0 Å². The van der Waals surface area contributed by atoms with Crippen LogP contribution in [-0.2, 0) is 9.47 Å². The molecule has 1 rings (SSSR count). The lowest BCUT2D eigenvalue weighted by atomic mass is 10.0. The molecule has 0 aromatic heterocycles. The molecule has 0 saturated heterocycles. The van der Waals surface area contributed by atoms with Crippen molar-refractivity contribution < 1.29 is 14.6 Å². The highest BCUT2D eigenvalue weighted by molar-refractivity contribution is 4.90. The summed E-state index contributed by atoms with van der Waals surface area (Å²) in [6.45, 7) is 7.31. The monoisotopic (exact) mass is 245 g/mol. The van der Waals surface area contributed by atoms with E-state index in [0.29, 0.717) is 25.7 Å². The van der Waals surface area contributed by atoms with Crippen molar-refractivity contribution in [3.8, 4) is 0 Å². The first-order valence-electron chi connectivity index (χ1n) is 6.61. The summed E-state index contributed by atoms with van der Waals surface area (Å²) in [4.78, 5) is 0. The van der Waals surface area contributed by atoms with Gasteiger partial charge in [-0.15, -0.1) is 0 Å². The molecule has 0 heterocycles. The van der Waals surface area contributed by atoms with Crippen LogP contribution >= 0.6 is 0 Å². The summed E-state index contributed by atoms with van der Waals surface area (Å²) in [5.41, 5.74) is 5.59. The summed E-state index contributed by atoms with van der Waals surface area (Å²) in [5.74, 6) is 0.669. The Bertz CT molecular complexity index is 223. The van der Waals surface area contributed by atoms with Gasteiger partial charge in [-0.2, -0.15) is 0 Å². The standard InChI is InChI=1S/C13H27NO3/c1-10(2)16-7-12(15)8-17-13(9-14)5-4-11(3)6-13/h10-12,15H,4-9,14H2,1-3H3. The lowest BCUT2D eigenvalue weighted by Gasteiger charge is -2.29. The fourth-order valence-electron chi connectivity index (χ4n) is 2.35. The lowest BCUT2D eigenvalue weighted by Crippen LogP contribution is -2.41. The Morgan fingerprint density at radius 2 is 2.12 bits per heavy atom. The van der Waals surface area contributed by atoms with Crippen molar-refractivity contribution in [3.63, 3.8) is 0 Å². The maximum atomic E-state index is 9.74. The predicted octanol–water partition coefficient (Wildman–Crippen LogP) is 1.31. The first kappa shape index (κ1) is 14.9. The van der Waals surface area contributed by atoms with Crippen LogP contribution in [0.2, 0.25) is 0 Å². The van der Waals surface area contributed by atoms with E-state index >= 15 is 0 Å². The molecule has 4 nitrogen and oxygen atoms in total. The molecule has 102 valence electrons. The van der Waals surface area contributed by atoms with Crippen LogP contribution in [0.5, 0.6) is 0 Å². The molecule has 4 heteroatoms. The molecule has 1 saturated carbocycles. The van der Waals surface area contributed by atoms with E-state index in [4.69, 9.17) is 15.2 Å². The Morgan fingerprint density at radius 1 is 1.41 bits per heavy atom. The van der Waals surface area contributed by atoms with Gasteiger partial charge in [-0.1, -0.05) is 6.92 Å². The van der Waals surface area contributed by atoms with E-state index in [2.05, 4.69) is 6.92 Å². The molecule has 3 atom stereocenters. The van der Waals surface area contributed by atoms with Gasteiger partial charge in [0, 0.05) is 6.54 Å². The largest absolute Gasteiger partial charge is 0.388 e. The third-order valence-corrected chi connectivity index (χ3v) is 3.39. The number of ether oxygens (including phenoxy) is 2. The van der Waals surface area contributed by atoms with Gasteiger partial charge in [0.25, 0.3) is 0 Å². The Labute approximate surface area is 104 Å². The van der Waals surface area contributed by atoms with Crippen LogP contribution in [0.1, 0.15) is 40.0 Å². The maximum Gasteiger partial charge on any atom is 0.101 e. The number of aliphatic hydroxyl groups is 1. The highest BCUT2D eigenvalue weighted by Gasteiger charge is 2.37. The van der Waals surface area contributed by atoms with E-state index in [9.17, 15) is 5.11 Å². The van der Waals surface area contributed by atoms with E-state index in [-0.39, 0.29) is 11.7 Å². The first-order chi connectivity index (χ1) is 7.97. The molecule has 17 heavy (non-hydrogen) atoms. The summed E-state index contributed by atoms with van der Waals surface area (Å²) < 4.78 is 11.2. The van der Waals surface area contributed by atoms with Crippen LogP contribution in [0, 0.1) is 5.92 Å². The van der Waals surface area contributed by atoms with Crippen molar-refractivity contribution >= 4 is 0 Å². The number of hydrogen-bond donors (Lipinski definition) is 2. The average Bonchev–Trinajstić information content (AvgIpc) is 2.66. The molecule has 0 amide bonds.